The highest BCUT2D eigenvalue weighted by molar-refractivity contribution is 5.84. The van der Waals surface area contributed by atoms with Crippen LogP contribution < -0.4 is 5.73 Å². The van der Waals surface area contributed by atoms with Crippen LogP contribution in [-0.2, 0) is 14.3 Å². The van der Waals surface area contributed by atoms with Gasteiger partial charge in [0.15, 0.2) is 6.10 Å². The van der Waals surface area contributed by atoms with E-state index in [0.29, 0.717) is 24.7 Å². The molecule has 1 unspecified atom stereocenters. The number of nitrogens with one attached hydrogen (secondary N) is 2. The zero-order chi connectivity index (χ0) is 33.9. The number of hydrogen-bond acceptors (Lipinski definition) is 6. The number of nitrogens with two attached hydrogens (primary N) is 1. The minimum atomic E-state index is -0.952. The van der Waals surface area contributed by atoms with Gasteiger partial charge in [0.2, 0.25) is 5.91 Å². The third-order valence-corrected chi connectivity index (χ3v) is 9.33. The molecule has 11 heteroatoms. The number of carbonyl (C=O) groups is 3. The standard InChI is InChI=1S/C37H45N7O4/c1-22(2)19-32(45)43-17-5-7-30(43)34-39-20-28(41-34)26-13-9-24(10-14-26)25-11-15-27(16-12-25)29-21-40-35(42-29)31-8-6-18-44(31)36(46)33(23(3)4)48-37(38)47/h9-16,20-23,30-31,33H,5-8,17-19H2,1-4H3,(H2,38,47)(H,39,41)(H,40,42)/t30?,31-,33-/m0/s1. The summed E-state index contributed by atoms with van der Waals surface area (Å²) in [6.07, 6.45) is 5.87. The molecule has 0 saturated carbocycles. The van der Waals surface area contributed by atoms with Gasteiger partial charge in [-0.3, -0.25) is 9.59 Å². The molecule has 0 bridgehead atoms. The molecule has 3 atom stereocenters. The molecular formula is C37H45N7O4. The fourth-order valence-corrected chi connectivity index (χ4v) is 6.88. The van der Waals surface area contributed by atoms with Crippen molar-refractivity contribution in [2.45, 2.75) is 78.0 Å². The lowest BCUT2D eigenvalue weighted by Crippen LogP contribution is -2.44. The van der Waals surface area contributed by atoms with Crippen LogP contribution in [-0.4, -0.2) is 66.8 Å². The first kappa shape index (κ1) is 33.0. The second-order valence-corrected chi connectivity index (χ2v) is 13.7. The summed E-state index contributed by atoms with van der Waals surface area (Å²) in [6.45, 7) is 9.17. The van der Waals surface area contributed by atoms with Gasteiger partial charge in [-0.15, -0.1) is 0 Å². The summed E-state index contributed by atoms with van der Waals surface area (Å²) in [4.78, 5) is 57.5. The van der Waals surface area contributed by atoms with Crippen LogP contribution in [0.3, 0.4) is 0 Å². The van der Waals surface area contributed by atoms with Gasteiger partial charge in [0.1, 0.15) is 11.6 Å². The van der Waals surface area contributed by atoms with Gasteiger partial charge in [0, 0.05) is 19.5 Å². The smallest absolute Gasteiger partial charge is 0.405 e. The van der Waals surface area contributed by atoms with Crippen LogP contribution in [0.15, 0.2) is 60.9 Å². The Bertz CT molecular complexity index is 1740. The van der Waals surface area contributed by atoms with Gasteiger partial charge in [-0.05, 0) is 59.8 Å². The quantitative estimate of drug-likeness (QED) is 0.175. The van der Waals surface area contributed by atoms with Crippen LogP contribution in [0.2, 0.25) is 0 Å². The number of carbonyl (C=O) groups excluding carboxylic acids is 3. The number of ether oxygens (including phenoxy) is 1. The van der Waals surface area contributed by atoms with E-state index >= 15 is 0 Å². The molecule has 2 aromatic heterocycles. The van der Waals surface area contributed by atoms with E-state index < -0.39 is 12.2 Å². The summed E-state index contributed by atoms with van der Waals surface area (Å²) in [6, 6.07) is 16.5. The molecule has 2 fully saturated rings. The molecule has 2 aliphatic heterocycles. The maximum Gasteiger partial charge on any atom is 0.405 e. The Kier molecular flexibility index (Phi) is 9.66. The number of H-pyrrole nitrogens is 2. The molecule has 4 aromatic rings. The van der Waals surface area contributed by atoms with E-state index in [2.05, 4.69) is 82.3 Å². The molecule has 0 spiro atoms. The van der Waals surface area contributed by atoms with Gasteiger partial charge in [0.25, 0.3) is 5.91 Å². The Labute approximate surface area is 281 Å². The minimum Gasteiger partial charge on any atom is -0.436 e. The van der Waals surface area contributed by atoms with Crippen LogP contribution in [0.1, 0.15) is 83.5 Å². The number of hydrogen-bond donors (Lipinski definition) is 3. The first-order chi connectivity index (χ1) is 23.1. The minimum absolute atomic E-state index is 0.00782. The third kappa shape index (κ3) is 7.00. The number of rotatable bonds is 10. The number of benzene rings is 2. The molecule has 48 heavy (non-hydrogen) atoms. The van der Waals surface area contributed by atoms with Crippen molar-refractivity contribution in [3.8, 4) is 33.6 Å². The lowest BCUT2D eigenvalue weighted by Gasteiger charge is -2.29. The maximum absolute atomic E-state index is 13.3. The van der Waals surface area contributed by atoms with Gasteiger partial charge in [-0.25, -0.2) is 14.8 Å². The van der Waals surface area contributed by atoms with E-state index in [1.807, 2.05) is 24.9 Å². The van der Waals surface area contributed by atoms with E-state index in [9.17, 15) is 14.4 Å². The number of aromatic amines is 2. The highest BCUT2D eigenvalue weighted by Gasteiger charge is 2.38. The van der Waals surface area contributed by atoms with Crippen molar-refractivity contribution in [1.29, 1.82) is 0 Å². The number of primary amides is 1. The zero-order valence-corrected chi connectivity index (χ0v) is 28.1. The summed E-state index contributed by atoms with van der Waals surface area (Å²) in [5.41, 5.74) is 11.2. The Morgan fingerprint density at radius 3 is 1.69 bits per heavy atom. The highest BCUT2D eigenvalue weighted by Crippen LogP contribution is 2.35. The lowest BCUT2D eigenvalue weighted by molar-refractivity contribution is -0.143. The Morgan fingerprint density at radius 2 is 1.23 bits per heavy atom. The second-order valence-electron chi connectivity index (χ2n) is 13.7. The Balaban J connectivity index is 1.11. The summed E-state index contributed by atoms with van der Waals surface area (Å²) in [5, 5.41) is 0. The van der Waals surface area contributed by atoms with Crippen LogP contribution in [0, 0.1) is 11.8 Å². The Morgan fingerprint density at radius 1 is 0.771 bits per heavy atom. The number of likely N-dealkylation sites (tertiary alicyclic amines) is 2. The van der Waals surface area contributed by atoms with Gasteiger partial charge >= 0.3 is 6.09 Å². The van der Waals surface area contributed by atoms with Gasteiger partial charge in [0.05, 0.1) is 35.9 Å². The normalized spacial score (nSPS) is 18.5. The van der Waals surface area contributed by atoms with Crippen molar-refractivity contribution in [1.82, 2.24) is 29.7 Å². The molecule has 2 aliphatic rings. The van der Waals surface area contributed by atoms with Crippen molar-refractivity contribution in [3.05, 3.63) is 72.6 Å². The van der Waals surface area contributed by atoms with Gasteiger partial charge in [-0.2, -0.15) is 0 Å². The lowest BCUT2D eigenvalue weighted by atomic mass is 10.0. The van der Waals surface area contributed by atoms with Crippen LogP contribution in [0.25, 0.3) is 33.6 Å². The SMILES string of the molecule is CC(C)CC(=O)N1CCCC1c1ncc(-c2ccc(-c3ccc(-c4cnc([C@@H]5CCCN5C(=O)[C@@H](OC(N)=O)C(C)C)[nH]4)cc3)cc2)[nH]1. The first-order valence-electron chi connectivity index (χ1n) is 17.0. The first-order valence-corrected chi connectivity index (χ1v) is 17.0. The number of aromatic nitrogens is 4. The highest BCUT2D eigenvalue weighted by atomic mass is 16.6. The van der Waals surface area contributed by atoms with Crippen molar-refractivity contribution in [3.63, 3.8) is 0 Å². The van der Waals surface area contributed by atoms with Gasteiger partial charge < -0.3 is 30.2 Å². The molecule has 252 valence electrons. The number of imidazole rings is 2. The molecular weight excluding hydrogens is 606 g/mol. The van der Waals surface area contributed by atoms with Crippen molar-refractivity contribution in [2.24, 2.45) is 17.6 Å². The summed E-state index contributed by atoms with van der Waals surface area (Å²) < 4.78 is 5.16. The van der Waals surface area contributed by atoms with E-state index in [0.717, 1.165) is 71.7 Å². The molecule has 4 N–H and O–H groups in total. The molecule has 11 nitrogen and oxygen atoms in total. The summed E-state index contributed by atoms with van der Waals surface area (Å²) >= 11 is 0. The number of amides is 3. The van der Waals surface area contributed by atoms with Gasteiger partial charge in [-0.1, -0.05) is 76.2 Å². The summed E-state index contributed by atoms with van der Waals surface area (Å²) in [7, 11) is 0. The summed E-state index contributed by atoms with van der Waals surface area (Å²) in [5.74, 6) is 1.65. The van der Waals surface area contributed by atoms with Crippen LogP contribution in [0.4, 0.5) is 4.79 Å². The Hall–Kier alpha value is -4.93. The average Bonchev–Trinajstić information content (AvgIpc) is 3.89. The molecule has 4 heterocycles. The number of nitrogens with zero attached hydrogens (tertiary/aromatic N) is 4. The molecule has 3 amide bonds. The molecule has 0 radical (unpaired) electrons. The van der Waals surface area contributed by atoms with E-state index in [1.54, 1.807) is 11.1 Å². The van der Waals surface area contributed by atoms with Crippen molar-refractivity contribution < 1.29 is 19.1 Å². The third-order valence-electron chi connectivity index (χ3n) is 9.33. The van der Waals surface area contributed by atoms with E-state index in [1.165, 1.54) is 0 Å². The second kappa shape index (κ2) is 14.0. The maximum atomic E-state index is 13.3. The predicted octanol–water partition coefficient (Wildman–Crippen LogP) is 6.63. The average molecular weight is 652 g/mol. The van der Waals surface area contributed by atoms with E-state index in [-0.39, 0.29) is 29.8 Å². The molecule has 2 saturated heterocycles. The largest absolute Gasteiger partial charge is 0.436 e. The van der Waals surface area contributed by atoms with Crippen LogP contribution >= 0.6 is 0 Å². The molecule has 2 aromatic carbocycles. The fraction of sp³-hybridized carbons (Fsp3) is 0.432. The topological polar surface area (TPSA) is 150 Å². The zero-order valence-electron chi connectivity index (χ0n) is 28.1. The monoisotopic (exact) mass is 651 g/mol. The molecule has 0 aliphatic carbocycles. The molecule has 6 rings (SSSR count). The van der Waals surface area contributed by atoms with Crippen molar-refractivity contribution >= 4 is 17.9 Å². The van der Waals surface area contributed by atoms with Crippen LogP contribution in [0.5, 0.6) is 0 Å². The predicted molar refractivity (Wildman–Crippen MR) is 183 cm³/mol. The van der Waals surface area contributed by atoms with E-state index in [4.69, 9.17) is 10.5 Å². The fourth-order valence-electron chi connectivity index (χ4n) is 6.88. The van der Waals surface area contributed by atoms with Crippen molar-refractivity contribution in [2.75, 3.05) is 13.1 Å².